The number of fused-ring (bicyclic) bond motifs is 3. The van der Waals surface area contributed by atoms with Gasteiger partial charge in [0, 0.05) is 26.2 Å². The van der Waals surface area contributed by atoms with Gasteiger partial charge in [-0.15, -0.1) is 0 Å². The maximum absolute atomic E-state index is 12.9. The number of nitrogens with zero attached hydrogens (tertiary/aromatic N) is 2. The molecule has 0 aromatic carbocycles. The molecule has 0 aromatic heterocycles. The van der Waals surface area contributed by atoms with E-state index in [1.165, 1.54) is 10.6 Å². The maximum atomic E-state index is 12.9. The molecule has 0 spiro atoms. The zero-order valence-electron chi connectivity index (χ0n) is 13.3. The number of carboxylic acids is 1. The number of rotatable bonds is 3. The van der Waals surface area contributed by atoms with Crippen LogP contribution in [0.1, 0.15) is 25.7 Å². The molecular weight excluding hydrogens is 320 g/mol. The standard InChI is InChI=1S/C15H24N2O5S/c1-23(21,22)17-8-6-16(7-9-17)14(18)12-10-2-4-11(5-3-10)13(12)15(19)20/h10-13H,2-9H2,1H3,(H,19,20)/t10?,11?,12-,13+/m0/s1. The molecule has 0 unspecified atom stereocenters. The van der Waals surface area contributed by atoms with Gasteiger partial charge in [-0.3, -0.25) is 9.59 Å². The first-order valence-electron chi connectivity index (χ1n) is 8.25. The Kier molecular flexibility index (Phi) is 4.39. The second kappa shape index (κ2) is 6.05. The van der Waals surface area contributed by atoms with Crippen LogP contribution in [0.4, 0.5) is 0 Å². The van der Waals surface area contributed by atoms with Crippen LogP contribution in [0.2, 0.25) is 0 Å². The summed E-state index contributed by atoms with van der Waals surface area (Å²) in [6, 6.07) is 0. The molecular formula is C15H24N2O5S. The number of hydrogen-bond donors (Lipinski definition) is 1. The van der Waals surface area contributed by atoms with Crippen LogP contribution in [0.15, 0.2) is 0 Å². The number of hydrogen-bond acceptors (Lipinski definition) is 4. The molecule has 4 fully saturated rings. The number of carboxylic acid groups (broad SMARTS) is 1. The van der Waals surface area contributed by atoms with Crippen LogP contribution in [0.5, 0.6) is 0 Å². The van der Waals surface area contributed by atoms with Gasteiger partial charge in [0.25, 0.3) is 0 Å². The quantitative estimate of drug-likeness (QED) is 0.791. The zero-order chi connectivity index (χ0) is 16.8. The lowest BCUT2D eigenvalue weighted by Gasteiger charge is -2.47. The molecule has 3 aliphatic carbocycles. The lowest BCUT2D eigenvalue weighted by molar-refractivity contribution is -0.162. The van der Waals surface area contributed by atoms with Gasteiger partial charge in [0.15, 0.2) is 0 Å². The third kappa shape index (κ3) is 3.10. The topological polar surface area (TPSA) is 95.0 Å². The SMILES string of the molecule is CS(=O)(=O)N1CCN(C(=O)[C@H]2C3CCC(CC3)[C@H]2C(=O)O)CC1. The van der Waals surface area contributed by atoms with E-state index in [0.29, 0.717) is 26.2 Å². The summed E-state index contributed by atoms with van der Waals surface area (Å²) in [6.07, 6.45) is 4.87. The molecule has 4 aliphatic rings. The molecule has 3 saturated carbocycles. The molecule has 0 radical (unpaired) electrons. The van der Waals surface area contributed by atoms with E-state index in [1.54, 1.807) is 4.90 Å². The van der Waals surface area contributed by atoms with Crippen molar-refractivity contribution >= 4 is 21.9 Å². The van der Waals surface area contributed by atoms with Crippen molar-refractivity contribution in [1.29, 1.82) is 0 Å². The Labute approximate surface area is 136 Å². The minimum atomic E-state index is -3.23. The molecule has 1 saturated heterocycles. The molecule has 130 valence electrons. The van der Waals surface area contributed by atoms with E-state index in [1.807, 2.05) is 0 Å². The first-order chi connectivity index (χ1) is 10.8. The van der Waals surface area contributed by atoms with Gasteiger partial charge in [-0.05, 0) is 37.5 Å². The molecule has 8 heteroatoms. The van der Waals surface area contributed by atoms with Crippen LogP contribution >= 0.6 is 0 Å². The van der Waals surface area contributed by atoms with Gasteiger partial charge in [-0.1, -0.05) is 0 Å². The predicted octanol–water partition coefficient (Wildman–Crippen LogP) is 0.227. The van der Waals surface area contributed by atoms with Gasteiger partial charge in [0.2, 0.25) is 15.9 Å². The highest BCUT2D eigenvalue weighted by atomic mass is 32.2. The Morgan fingerprint density at radius 1 is 0.913 bits per heavy atom. The van der Waals surface area contributed by atoms with Gasteiger partial charge in [0.1, 0.15) is 0 Å². The fraction of sp³-hybridized carbons (Fsp3) is 0.867. The molecule has 4 rings (SSSR count). The van der Waals surface area contributed by atoms with Gasteiger partial charge >= 0.3 is 5.97 Å². The molecule has 1 N–H and O–H groups in total. The smallest absolute Gasteiger partial charge is 0.307 e. The van der Waals surface area contributed by atoms with E-state index < -0.39 is 27.8 Å². The van der Waals surface area contributed by atoms with Crippen molar-refractivity contribution in [3.05, 3.63) is 0 Å². The summed E-state index contributed by atoms with van der Waals surface area (Å²) in [4.78, 5) is 26.2. The summed E-state index contributed by atoms with van der Waals surface area (Å²) in [7, 11) is -3.23. The van der Waals surface area contributed by atoms with Crippen LogP contribution in [0.25, 0.3) is 0 Å². The predicted molar refractivity (Wildman–Crippen MR) is 83.1 cm³/mol. The van der Waals surface area contributed by atoms with E-state index in [2.05, 4.69) is 0 Å². The highest BCUT2D eigenvalue weighted by Crippen LogP contribution is 2.49. The van der Waals surface area contributed by atoms with E-state index in [-0.39, 0.29) is 17.7 Å². The molecule has 2 bridgehead atoms. The molecule has 1 aliphatic heterocycles. The van der Waals surface area contributed by atoms with Crippen molar-refractivity contribution in [1.82, 2.24) is 9.21 Å². The summed E-state index contributed by atoms with van der Waals surface area (Å²) in [5, 5.41) is 9.57. The first kappa shape index (κ1) is 16.7. The van der Waals surface area contributed by atoms with Crippen molar-refractivity contribution in [2.24, 2.45) is 23.7 Å². The van der Waals surface area contributed by atoms with Crippen LogP contribution in [0, 0.1) is 23.7 Å². The maximum Gasteiger partial charge on any atom is 0.307 e. The van der Waals surface area contributed by atoms with Crippen molar-refractivity contribution in [3.63, 3.8) is 0 Å². The molecule has 1 heterocycles. The van der Waals surface area contributed by atoms with Gasteiger partial charge < -0.3 is 10.0 Å². The summed E-state index contributed by atoms with van der Waals surface area (Å²) in [5.74, 6) is -1.65. The largest absolute Gasteiger partial charge is 0.481 e. The second-order valence-electron chi connectivity index (χ2n) is 7.05. The normalized spacial score (nSPS) is 35.3. The van der Waals surface area contributed by atoms with Crippen molar-refractivity contribution in [2.45, 2.75) is 25.7 Å². The third-order valence-electron chi connectivity index (χ3n) is 5.81. The summed E-state index contributed by atoms with van der Waals surface area (Å²) in [5.41, 5.74) is 0. The summed E-state index contributed by atoms with van der Waals surface area (Å²) in [6.45, 7) is 1.30. The fourth-order valence-corrected chi connectivity index (χ4v) is 5.44. The zero-order valence-corrected chi connectivity index (χ0v) is 14.2. The molecule has 7 nitrogen and oxygen atoms in total. The van der Waals surface area contributed by atoms with Crippen LogP contribution in [-0.2, 0) is 19.6 Å². The Balaban J connectivity index is 1.71. The van der Waals surface area contributed by atoms with Crippen LogP contribution in [-0.4, -0.2) is 67.0 Å². The highest BCUT2D eigenvalue weighted by molar-refractivity contribution is 7.88. The average Bonchev–Trinajstić information content (AvgIpc) is 2.53. The van der Waals surface area contributed by atoms with Crippen molar-refractivity contribution in [3.8, 4) is 0 Å². The number of amides is 1. The summed E-state index contributed by atoms with van der Waals surface area (Å²) < 4.78 is 24.5. The van der Waals surface area contributed by atoms with Gasteiger partial charge in [0.05, 0.1) is 18.1 Å². The minimum Gasteiger partial charge on any atom is -0.481 e. The summed E-state index contributed by atoms with van der Waals surface area (Å²) >= 11 is 0. The first-order valence-corrected chi connectivity index (χ1v) is 10.1. The Morgan fingerprint density at radius 2 is 1.39 bits per heavy atom. The van der Waals surface area contributed by atoms with Crippen LogP contribution < -0.4 is 0 Å². The van der Waals surface area contributed by atoms with E-state index >= 15 is 0 Å². The van der Waals surface area contributed by atoms with Gasteiger partial charge in [-0.2, -0.15) is 4.31 Å². The molecule has 1 amide bonds. The third-order valence-corrected chi connectivity index (χ3v) is 7.11. The van der Waals surface area contributed by atoms with E-state index in [9.17, 15) is 23.1 Å². The second-order valence-corrected chi connectivity index (χ2v) is 9.03. The lowest BCUT2D eigenvalue weighted by atomic mass is 9.58. The Morgan fingerprint density at radius 3 is 1.83 bits per heavy atom. The number of sulfonamides is 1. The number of carbonyl (C=O) groups excluding carboxylic acids is 1. The van der Waals surface area contributed by atoms with E-state index in [0.717, 1.165) is 25.7 Å². The molecule has 0 aromatic rings. The average molecular weight is 344 g/mol. The molecule has 23 heavy (non-hydrogen) atoms. The molecule has 2 atom stereocenters. The number of carbonyl (C=O) groups is 2. The van der Waals surface area contributed by atoms with Gasteiger partial charge in [-0.25, -0.2) is 8.42 Å². The monoisotopic (exact) mass is 344 g/mol. The Bertz CT molecular complexity index is 589. The number of piperazine rings is 1. The van der Waals surface area contributed by atoms with Crippen LogP contribution in [0.3, 0.4) is 0 Å². The van der Waals surface area contributed by atoms with E-state index in [4.69, 9.17) is 0 Å². The Hall–Kier alpha value is -1.15. The van der Waals surface area contributed by atoms with Crippen molar-refractivity contribution in [2.75, 3.05) is 32.4 Å². The minimum absolute atomic E-state index is 0.0834. The fourth-order valence-electron chi connectivity index (χ4n) is 4.61. The lowest BCUT2D eigenvalue weighted by Crippen LogP contribution is -2.56. The van der Waals surface area contributed by atoms with Crippen molar-refractivity contribution < 1.29 is 23.1 Å². The number of aliphatic carboxylic acids is 1. The highest BCUT2D eigenvalue weighted by Gasteiger charge is 2.51.